The van der Waals surface area contributed by atoms with E-state index in [9.17, 15) is 0 Å². The van der Waals surface area contributed by atoms with Crippen LogP contribution in [0.1, 0.15) is 44.9 Å². The Balaban J connectivity index is 2.52. The number of aromatic nitrogens is 2. The largest absolute Gasteiger partial charge is 0.257 e. The summed E-state index contributed by atoms with van der Waals surface area (Å²) in [7, 11) is 1.87. The maximum atomic E-state index is 6.35. The van der Waals surface area contributed by atoms with E-state index < -0.39 is 0 Å². The highest BCUT2D eigenvalue weighted by Crippen LogP contribution is 2.29. The van der Waals surface area contributed by atoms with Crippen LogP contribution in [0.15, 0.2) is 0 Å². The van der Waals surface area contributed by atoms with Crippen molar-refractivity contribution in [2.45, 2.75) is 52.3 Å². The fourth-order valence-corrected chi connectivity index (χ4v) is 2.27. The molecule has 0 aliphatic carbocycles. The minimum atomic E-state index is 0.162. The van der Waals surface area contributed by atoms with Crippen LogP contribution in [0, 0.1) is 12.3 Å². The van der Waals surface area contributed by atoms with E-state index in [1.807, 2.05) is 14.0 Å². The van der Waals surface area contributed by atoms with Gasteiger partial charge in [0.15, 0.2) is 0 Å². The molecule has 1 unspecified atom stereocenters. The first kappa shape index (κ1) is 14.8. The minimum Gasteiger partial charge on any atom is -0.257 e. The summed E-state index contributed by atoms with van der Waals surface area (Å²) in [5.41, 5.74) is 2.35. The molecule has 0 saturated carbocycles. The molecule has 0 radical (unpaired) electrons. The van der Waals surface area contributed by atoms with Gasteiger partial charge in [-0.25, -0.2) is 0 Å². The highest BCUT2D eigenvalue weighted by atomic mass is 35.5. The third-order valence-electron chi connectivity index (χ3n) is 3.09. The third-order valence-corrected chi connectivity index (χ3v) is 4.44. The number of nitrogens with zero attached hydrogens (tertiary/aromatic N) is 2. The zero-order valence-corrected chi connectivity index (χ0v) is 12.9. The van der Waals surface area contributed by atoms with Gasteiger partial charge in [-0.3, -0.25) is 4.68 Å². The van der Waals surface area contributed by atoms with Crippen LogP contribution in [0.25, 0.3) is 0 Å². The van der Waals surface area contributed by atoms with Crippen molar-refractivity contribution < 1.29 is 0 Å². The van der Waals surface area contributed by atoms with Gasteiger partial charge in [0.05, 0.1) is 5.69 Å². The molecular formula is C13H22Cl2N2. The van der Waals surface area contributed by atoms with Crippen molar-refractivity contribution in [3.8, 4) is 0 Å². The van der Waals surface area contributed by atoms with Gasteiger partial charge in [-0.15, -0.1) is 11.6 Å². The van der Waals surface area contributed by atoms with Crippen molar-refractivity contribution in [2.24, 2.45) is 12.5 Å². The summed E-state index contributed by atoms with van der Waals surface area (Å²) in [6.45, 7) is 8.52. The SMILES string of the molecule is Cc1nn(C)c(Cl)c1CCCC(Cl)C(C)(C)C. The molecule has 0 N–H and O–H groups in total. The van der Waals surface area contributed by atoms with Gasteiger partial charge in [0.1, 0.15) is 5.15 Å². The summed E-state index contributed by atoms with van der Waals surface area (Å²) in [5.74, 6) is 0. The highest BCUT2D eigenvalue weighted by Gasteiger charge is 2.22. The molecule has 0 saturated heterocycles. The molecule has 1 aromatic heterocycles. The standard InChI is InChI=1S/C13H22Cl2N2/c1-9-10(12(15)17(5)16-9)7-6-8-11(14)13(2,3)4/h11H,6-8H2,1-5H3. The second kappa shape index (κ2) is 5.62. The zero-order chi connectivity index (χ0) is 13.2. The van der Waals surface area contributed by atoms with Gasteiger partial charge in [0.2, 0.25) is 0 Å². The van der Waals surface area contributed by atoms with E-state index in [4.69, 9.17) is 23.2 Å². The molecule has 2 nitrogen and oxygen atoms in total. The molecule has 0 spiro atoms. The average Bonchev–Trinajstić information content (AvgIpc) is 2.42. The molecule has 0 aliphatic heterocycles. The lowest BCUT2D eigenvalue weighted by Gasteiger charge is -2.24. The van der Waals surface area contributed by atoms with E-state index in [1.165, 1.54) is 0 Å². The summed E-state index contributed by atoms with van der Waals surface area (Å²) in [6.07, 6.45) is 3.02. The van der Waals surface area contributed by atoms with Crippen LogP contribution >= 0.6 is 23.2 Å². The lowest BCUT2D eigenvalue weighted by atomic mass is 9.88. The first-order valence-corrected chi connectivity index (χ1v) is 6.87. The van der Waals surface area contributed by atoms with Gasteiger partial charge in [-0.1, -0.05) is 32.4 Å². The van der Waals surface area contributed by atoms with Gasteiger partial charge >= 0.3 is 0 Å². The van der Waals surface area contributed by atoms with Crippen LogP contribution in [-0.4, -0.2) is 15.2 Å². The number of rotatable bonds is 4. The Labute approximate surface area is 114 Å². The van der Waals surface area contributed by atoms with Crippen LogP contribution < -0.4 is 0 Å². The quantitative estimate of drug-likeness (QED) is 0.748. The van der Waals surface area contributed by atoms with Crippen molar-refractivity contribution >= 4 is 23.2 Å². The maximum absolute atomic E-state index is 6.35. The molecule has 98 valence electrons. The summed E-state index contributed by atoms with van der Waals surface area (Å²) in [4.78, 5) is 0. The lowest BCUT2D eigenvalue weighted by Crippen LogP contribution is -2.20. The molecule has 0 aliphatic rings. The number of aryl methyl sites for hydroxylation is 2. The zero-order valence-electron chi connectivity index (χ0n) is 11.3. The van der Waals surface area contributed by atoms with Crippen LogP contribution in [0.2, 0.25) is 5.15 Å². The fraction of sp³-hybridized carbons (Fsp3) is 0.769. The first-order chi connectivity index (χ1) is 7.73. The molecule has 0 fully saturated rings. The number of halogens is 2. The van der Waals surface area contributed by atoms with E-state index >= 15 is 0 Å². The van der Waals surface area contributed by atoms with Crippen LogP contribution in [0.4, 0.5) is 0 Å². The second-order valence-corrected chi connectivity index (χ2v) is 6.59. The monoisotopic (exact) mass is 276 g/mol. The molecule has 1 aromatic rings. The number of hydrogen-bond donors (Lipinski definition) is 0. The Morgan fingerprint density at radius 3 is 2.35 bits per heavy atom. The number of hydrogen-bond acceptors (Lipinski definition) is 1. The molecule has 1 heterocycles. The van der Waals surface area contributed by atoms with Gasteiger partial charge < -0.3 is 0 Å². The van der Waals surface area contributed by atoms with E-state index in [-0.39, 0.29) is 10.8 Å². The molecule has 0 bridgehead atoms. The normalized spacial score (nSPS) is 14.1. The summed E-state index contributed by atoms with van der Waals surface area (Å²) >= 11 is 12.5. The van der Waals surface area contributed by atoms with E-state index in [0.717, 1.165) is 35.7 Å². The topological polar surface area (TPSA) is 17.8 Å². The minimum absolute atomic E-state index is 0.162. The molecule has 1 rings (SSSR count). The van der Waals surface area contributed by atoms with Crippen molar-refractivity contribution in [1.82, 2.24) is 9.78 Å². The fourth-order valence-electron chi connectivity index (χ4n) is 1.85. The van der Waals surface area contributed by atoms with Crippen molar-refractivity contribution in [3.05, 3.63) is 16.4 Å². The molecule has 0 amide bonds. The summed E-state index contributed by atoms with van der Waals surface area (Å²) < 4.78 is 1.73. The summed E-state index contributed by atoms with van der Waals surface area (Å²) in [6, 6.07) is 0. The lowest BCUT2D eigenvalue weighted by molar-refractivity contribution is 0.369. The highest BCUT2D eigenvalue weighted by molar-refractivity contribution is 6.30. The Kier molecular flexibility index (Phi) is 4.91. The Hall–Kier alpha value is -0.210. The van der Waals surface area contributed by atoms with Crippen molar-refractivity contribution in [1.29, 1.82) is 0 Å². The third kappa shape index (κ3) is 3.89. The molecule has 17 heavy (non-hydrogen) atoms. The first-order valence-electron chi connectivity index (χ1n) is 6.05. The molecular weight excluding hydrogens is 255 g/mol. The number of alkyl halides is 1. The molecule has 1 atom stereocenters. The van der Waals surface area contributed by atoms with Gasteiger partial charge in [0.25, 0.3) is 0 Å². The van der Waals surface area contributed by atoms with Gasteiger partial charge in [0, 0.05) is 18.0 Å². The van der Waals surface area contributed by atoms with Crippen molar-refractivity contribution in [2.75, 3.05) is 0 Å². The van der Waals surface area contributed by atoms with E-state index in [1.54, 1.807) is 4.68 Å². The maximum Gasteiger partial charge on any atom is 0.130 e. The Bertz CT molecular complexity index is 378. The molecule has 0 aromatic carbocycles. The predicted molar refractivity (Wildman–Crippen MR) is 75.0 cm³/mol. The predicted octanol–water partition coefficient (Wildman–Crippen LogP) is 4.36. The van der Waals surface area contributed by atoms with Crippen LogP contribution in [0.5, 0.6) is 0 Å². The van der Waals surface area contributed by atoms with Crippen molar-refractivity contribution in [3.63, 3.8) is 0 Å². The van der Waals surface area contributed by atoms with Gasteiger partial charge in [-0.2, -0.15) is 5.10 Å². The molecule has 4 heteroatoms. The van der Waals surface area contributed by atoms with E-state index in [0.29, 0.717) is 0 Å². The second-order valence-electron chi connectivity index (χ2n) is 5.70. The Morgan fingerprint density at radius 1 is 1.35 bits per heavy atom. The Morgan fingerprint density at radius 2 is 1.94 bits per heavy atom. The summed E-state index contributed by atoms with van der Waals surface area (Å²) in [5, 5.41) is 5.27. The van der Waals surface area contributed by atoms with Crippen LogP contribution in [-0.2, 0) is 13.5 Å². The smallest absolute Gasteiger partial charge is 0.130 e. The van der Waals surface area contributed by atoms with Crippen LogP contribution in [0.3, 0.4) is 0 Å². The van der Waals surface area contributed by atoms with Gasteiger partial charge in [-0.05, 0) is 31.6 Å². The average molecular weight is 277 g/mol. The van der Waals surface area contributed by atoms with E-state index in [2.05, 4.69) is 25.9 Å².